The van der Waals surface area contributed by atoms with E-state index in [0.717, 1.165) is 0 Å². The quantitative estimate of drug-likeness (QED) is 0.400. The van der Waals surface area contributed by atoms with Gasteiger partial charge in [0, 0.05) is 0 Å². The second kappa shape index (κ2) is 3.91. The van der Waals surface area contributed by atoms with Gasteiger partial charge in [0.1, 0.15) is 0 Å². The first-order chi connectivity index (χ1) is 1.91. The molecule has 0 aliphatic carbocycles. The van der Waals surface area contributed by atoms with Gasteiger partial charge in [-0.25, -0.2) is 0 Å². The first-order valence-corrected chi connectivity index (χ1v) is 6.03. The van der Waals surface area contributed by atoms with E-state index < -0.39 is 0 Å². The molecule has 4 heavy (non-hydrogen) atoms. The van der Waals surface area contributed by atoms with E-state index in [9.17, 15) is 0 Å². The van der Waals surface area contributed by atoms with E-state index in [1.54, 1.807) is 0 Å². The van der Waals surface area contributed by atoms with E-state index >= 15 is 0 Å². The number of rotatable bonds is 1. The fourth-order valence-electron chi connectivity index (χ4n) is 0. The first kappa shape index (κ1) is 4.91. The Morgan fingerprint density at radius 2 is 2.25 bits per heavy atom. The van der Waals surface area contributed by atoms with Gasteiger partial charge in [-0.15, -0.1) is 0 Å². The van der Waals surface area contributed by atoms with Crippen LogP contribution in [0.1, 0.15) is 6.92 Å². The van der Waals surface area contributed by atoms with E-state index in [2.05, 4.69) is 17.8 Å². The van der Waals surface area contributed by atoms with Crippen LogP contribution in [0.5, 0.6) is 0 Å². The average molecular weight is 138 g/mol. The maximum absolute atomic E-state index is 4.05. The van der Waals surface area contributed by atoms with Crippen LogP contribution in [0.4, 0.5) is 0 Å². The maximum atomic E-state index is 4.05. The summed E-state index contributed by atoms with van der Waals surface area (Å²) in [5, 5.41) is 1.31. The number of thiol groups is 1. The Bertz CT molecular complexity index is 8.00. The zero-order valence-corrected chi connectivity index (χ0v) is 5.65. The van der Waals surface area contributed by atoms with Crippen molar-refractivity contribution in [1.29, 1.82) is 0 Å². The van der Waals surface area contributed by atoms with E-state index in [1.165, 1.54) is 5.21 Å². The molecule has 0 fully saturated rings. The van der Waals surface area contributed by atoms with Gasteiger partial charge in [0.05, 0.1) is 0 Å². The Morgan fingerprint density at radius 1 is 2.00 bits per heavy atom. The van der Waals surface area contributed by atoms with Crippen molar-refractivity contribution in [3.8, 4) is 0 Å². The number of hydrogen-bond acceptors (Lipinski definition) is 1. The normalized spacial score (nSPS) is 10.5. The molecule has 1 atom stereocenters. The Hall–Kier alpha value is 0.908. The Labute approximate surface area is 38.1 Å². The summed E-state index contributed by atoms with van der Waals surface area (Å²) in [5.41, 5.74) is 0. The van der Waals surface area contributed by atoms with Crippen molar-refractivity contribution in [2.45, 2.75) is 12.1 Å². The molecule has 0 N–H and O–H groups in total. The SMILES string of the molecule is CC[AsH]S. The molecule has 0 saturated carbocycles. The molecule has 0 radical (unpaired) electrons. The Kier molecular flexibility index (Phi) is 4.80. The van der Waals surface area contributed by atoms with Crippen molar-refractivity contribution in [3.05, 3.63) is 0 Å². The van der Waals surface area contributed by atoms with Gasteiger partial charge in [-0.1, -0.05) is 0 Å². The minimum atomic E-state index is 0.208. The third-order valence-corrected chi connectivity index (χ3v) is 2.46. The molecule has 0 spiro atoms. The van der Waals surface area contributed by atoms with Crippen molar-refractivity contribution >= 4 is 25.5 Å². The van der Waals surface area contributed by atoms with Crippen LogP contribution in [-0.4, -0.2) is 14.6 Å². The molecule has 0 aliphatic heterocycles. The van der Waals surface area contributed by atoms with Crippen LogP contribution in [0.3, 0.4) is 0 Å². The summed E-state index contributed by atoms with van der Waals surface area (Å²) >= 11 is 0.208. The van der Waals surface area contributed by atoms with Gasteiger partial charge < -0.3 is 0 Å². The van der Waals surface area contributed by atoms with Gasteiger partial charge in [-0.2, -0.15) is 0 Å². The third-order valence-electron chi connectivity index (χ3n) is 0.158. The molecular formula is C2H7AsS. The number of hydrogen-bond donors (Lipinski definition) is 1. The molecule has 0 nitrogen and oxygen atoms in total. The topological polar surface area (TPSA) is 0 Å². The summed E-state index contributed by atoms with van der Waals surface area (Å²) in [6.45, 7) is 2.16. The molecule has 0 rings (SSSR count). The molecule has 26 valence electrons. The molecular weight excluding hydrogens is 131 g/mol. The summed E-state index contributed by atoms with van der Waals surface area (Å²) in [5.74, 6) is 0. The van der Waals surface area contributed by atoms with E-state index in [0.29, 0.717) is 0 Å². The van der Waals surface area contributed by atoms with Crippen LogP contribution < -0.4 is 0 Å². The van der Waals surface area contributed by atoms with Crippen molar-refractivity contribution < 1.29 is 0 Å². The molecule has 0 heterocycles. The zero-order valence-electron chi connectivity index (χ0n) is 2.65. The van der Waals surface area contributed by atoms with Crippen molar-refractivity contribution in [2.75, 3.05) is 0 Å². The molecule has 0 aromatic heterocycles. The van der Waals surface area contributed by atoms with Crippen LogP contribution in [0, 0.1) is 0 Å². The van der Waals surface area contributed by atoms with Crippen LogP contribution in [0.2, 0.25) is 5.21 Å². The molecule has 0 saturated heterocycles. The molecule has 0 aromatic rings. The third kappa shape index (κ3) is 2.91. The fraction of sp³-hybridized carbons (Fsp3) is 1.00. The summed E-state index contributed by atoms with van der Waals surface area (Å²) in [7, 11) is 4.05. The van der Waals surface area contributed by atoms with Gasteiger partial charge in [-0.05, 0) is 0 Å². The molecule has 0 aromatic carbocycles. The van der Waals surface area contributed by atoms with Crippen molar-refractivity contribution in [3.63, 3.8) is 0 Å². The van der Waals surface area contributed by atoms with E-state index in [1.807, 2.05) is 0 Å². The molecule has 0 aliphatic rings. The standard InChI is InChI=1S/C2H7AsS/c1-2-3-4/h3-4H,2H2,1H3. The second-order valence-electron chi connectivity index (χ2n) is 0.512. The van der Waals surface area contributed by atoms with Gasteiger partial charge in [0.15, 0.2) is 0 Å². The Morgan fingerprint density at radius 3 is 2.25 bits per heavy atom. The molecule has 1 unspecified atom stereocenters. The summed E-state index contributed by atoms with van der Waals surface area (Å²) in [4.78, 5) is 0. The second-order valence-corrected chi connectivity index (χ2v) is 4.30. The first-order valence-electron chi connectivity index (χ1n) is 1.28. The fourth-order valence-corrected chi connectivity index (χ4v) is 0. The summed E-state index contributed by atoms with van der Waals surface area (Å²) in [6, 6.07) is 0. The Balaban J connectivity index is 1.97. The van der Waals surface area contributed by atoms with Crippen LogP contribution in [-0.2, 0) is 0 Å². The van der Waals surface area contributed by atoms with Gasteiger partial charge in [0.2, 0.25) is 0 Å². The average Bonchev–Trinajstić information content (AvgIpc) is 1.37. The van der Waals surface area contributed by atoms with Crippen LogP contribution >= 0.6 is 10.9 Å². The van der Waals surface area contributed by atoms with Crippen molar-refractivity contribution in [2.24, 2.45) is 0 Å². The van der Waals surface area contributed by atoms with Gasteiger partial charge in [-0.3, -0.25) is 0 Å². The zero-order chi connectivity index (χ0) is 3.41. The van der Waals surface area contributed by atoms with E-state index in [-0.39, 0.29) is 14.6 Å². The van der Waals surface area contributed by atoms with Crippen LogP contribution in [0.15, 0.2) is 0 Å². The van der Waals surface area contributed by atoms with Gasteiger partial charge >= 0.3 is 37.6 Å². The minimum absolute atomic E-state index is 0.208. The monoisotopic (exact) mass is 138 g/mol. The summed E-state index contributed by atoms with van der Waals surface area (Å²) < 4.78 is 0. The van der Waals surface area contributed by atoms with E-state index in [4.69, 9.17) is 0 Å². The molecule has 0 bridgehead atoms. The molecule has 2 heteroatoms. The molecule has 0 amide bonds. The van der Waals surface area contributed by atoms with Crippen molar-refractivity contribution in [1.82, 2.24) is 0 Å². The van der Waals surface area contributed by atoms with Crippen LogP contribution in [0.25, 0.3) is 0 Å². The summed E-state index contributed by atoms with van der Waals surface area (Å²) in [6.07, 6.45) is 0. The van der Waals surface area contributed by atoms with Gasteiger partial charge in [0.25, 0.3) is 0 Å². The predicted molar refractivity (Wildman–Crippen MR) is 26.6 cm³/mol. The predicted octanol–water partition coefficient (Wildman–Crippen LogP) is 0.706.